The van der Waals surface area contributed by atoms with E-state index in [1.54, 1.807) is 47.4 Å². The number of hydrogen-bond acceptors (Lipinski definition) is 3. The Morgan fingerprint density at radius 3 is 2.64 bits per heavy atom. The fourth-order valence-electron chi connectivity index (χ4n) is 2.82. The largest absolute Gasteiger partial charge is 0.322 e. The van der Waals surface area contributed by atoms with E-state index >= 15 is 0 Å². The van der Waals surface area contributed by atoms with Crippen molar-refractivity contribution in [3.63, 3.8) is 0 Å². The van der Waals surface area contributed by atoms with E-state index in [9.17, 15) is 9.59 Å². The lowest BCUT2D eigenvalue weighted by molar-refractivity contribution is -0.117. The minimum atomic E-state index is -0.306. The molecular weight excluding hydrogens is 338 g/mol. The highest BCUT2D eigenvalue weighted by Crippen LogP contribution is 2.29. The Bertz CT molecular complexity index is 856. The maximum absolute atomic E-state index is 12.7. The maximum Gasteiger partial charge on any atom is 0.257 e. The number of anilines is 2. The number of carbonyl (C=O) groups excluding carboxylic acids is 2. The zero-order valence-corrected chi connectivity index (χ0v) is 14.2. The van der Waals surface area contributed by atoms with Crippen LogP contribution in [0.1, 0.15) is 28.8 Å². The fourth-order valence-corrected chi connectivity index (χ4v) is 2.98. The molecule has 2 aromatic carbocycles. The van der Waals surface area contributed by atoms with Crippen LogP contribution < -0.4 is 10.2 Å². The highest BCUT2D eigenvalue weighted by Gasteiger charge is 2.26. The topological polar surface area (TPSA) is 73.2 Å². The van der Waals surface area contributed by atoms with Gasteiger partial charge in [0, 0.05) is 23.7 Å². The predicted molar refractivity (Wildman–Crippen MR) is 96.8 cm³/mol. The Hall–Kier alpha value is -2.84. The maximum atomic E-state index is 12.7. The SMILES string of the molecule is N#CCc1ccc(NC(=O)c2ccc(Cl)cc2N2CCCC2=O)cc1. The third-order valence-corrected chi connectivity index (χ3v) is 4.30. The van der Waals surface area contributed by atoms with Crippen LogP contribution in [0.3, 0.4) is 0 Å². The van der Waals surface area contributed by atoms with E-state index in [0.717, 1.165) is 12.0 Å². The van der Waals surface area contributed by atoms with Crippen LogP contribution in [0.5, 0.6) is 0 Å². The molecule has 3 rings (SSSR count). The van der Waals surface area contributed by atoms with E-state index in [1.807, 2.05) is 0 Å². The van der Waals surface area contributed by atoms with Crippen molar-refractivity contribution in [3.8, 4) is 6.07 Å². The molecule has 0 saturated carbocycles. The molecule has 0 spiro atoms. The van der Waals surface area contributed by atoms with Crippen LogP contribution in [-0.4, -0.2) is 18.4 Å². The number of nitrogens with one attached hydrogen (secondary N) is 1. The first-order chi connectivity index (χ1) is 12.1. The van der Waals surface area contributed by atoms with E-state index in [0.29, 0.717) is 41.3 Å². The predicted octanol–water partition coefficient (Wildman–Crippen LogP) is 3.79. The summed E-state index contributed by atoms with van der Waals surface area (Å²) in [7, 11) is 0. The molecule has 5 nitrogen and oxygen atoms in total. The lowest BCUT2D eigenvalue weighted by atomic mass is 10.1. The molecule has 126 valence electrons. The van der Waals surface area contributed by atoms with Gasteiger partial charge in [0.1, 0.15) is 0 Å². The molecular formula is C19H16ClN3O2. The minimum Gasteiger partial charge on any atom is -0.322 e. The van der Waals surface area contributed by atoms with Crippen LogP contribution in [0.2, 0.25) is 5.02 Å². The van der Waals surface area contributed by atoms with E-state index < -0.39 is 0 Å². The Morgan fingerprint density at radius 2 is 2.00 bits per heavy atom. The highest BCUT2D eigenvalue weighted by molar-refractivity contribution is 6.31. The number of hydrogen-bond donors (Lipinski definition) is 1. The van der Waals surface area contributed by atoms with Gasteiger partial charge in [0.25, 0.3) is 5.91 Å². The summed E-state index contributed by atoms with van der Waals surface area (Å²) in [6.45, 7) is 0.586. The van der Waals surface area contributed by atoms with Crippen molar-refractivity contribution in [2.45, 2.75) is 19.3 Å². The summed E-state index contributed by atoms with van der Waals surface area (Å²) < 4.78 is 0. The van der Waals surface area contributed by atoms with Crippen LogP contribution >= 0.6 is 11.6 Å². The monoisotopic (exact) mass is 353 g/mol. The van der Waals surface area contributed by atoms with Gasteiger partial charge in [-0.25, -0.2) is 0 Å². The average molecular weight is 354 g/mol. The summed E-state index contributed by atoms with van der Waals surface area (Å²) in [5.74, 6) is -0.309. The van der Waals surface area contributed by atoms with Crippen LogP contribution in [0, 0.1) is 11.3 Å². The summed E-state index contributed by atoms with van der Waals surface area (Å²) in [5, 5.41) is 12.0. The third kappa shape index (κ3) is 3.81. The minimum absolute atomic E-state index is 0.00262. The van der Waals surface area contributed by atoms with E-state index in [1.165, 1.54) is 0 Å². The first kappa shape index (κ1) is 17.0. The normalized spacial score (nSPS) is 13.6. The number of amides is 2. The lowest BCUT2D eigenvalue weighted by Gasteiger charge is -2.19. The first-order valence-corrected chi connectivity index (χ1v) is 8.33. The zero-order chi connectivity index (χ0) is 17.8. The average Bonchev–Trinajstić information content (AvgIpc) is 3.02. The number of halogens is 1. The summed E-state index contributed by atoms with van der Waals surface area (Å²) in [4.78, 5) is 26.3. The van der Waals surface area contributed by atoms with Crippen LogP contribution in [0.25, 0.3) is 0 Å². The quantitative estimate of drug-likeness (QED) is 0.908. The zero-order valence-electron chi connectivity index (χ0n) is 13.5. The second kappa shape index (κ2) is 7.37. The van der Waals surface area contributed by atoms with E-state index in [-0.39, 0.29) is 11.8 Å². The Balaban J connectivity index is 1.84. The molecule has 0 aromatic heterocycles. The van der Waals surface area contributed by atoms with Crippen molar-refractivity contribution in [2.24, 2.45) is 0 Å². The Kier molecular flexibility index (Phi) is 5.01. The fraction of sp³-hybridized carbons (Fsp3) is 0.211. The molecule has 0 radical (unpaired) electrons. The summed E-state index contributed by atoms with van der Waals surface area (Å²) in [6.07, 6.45) is 1.58. The van der Waals surface area contributed by atoms with Crippen molar-refractivity contribution in [1.29, 1.82) is 5.26 Å². The number of carbonyl (C=O) groups is 2. The van der Waals surface area contributed by atoms with Gasteiger partial charge in [0.05, 0.1) is 23.7 Å². The summed E-state index contributed by atoms with van der Waals surface area (Å²) in [6, 6.07) is 14.1. The highest BCUT2D eigenvalue weighted by atomic mass is 35.5. The molecule has 0 aliphatic carbocycles. The van der Waals surface area contributed by atoms with Gasteiger partial charge in [-0.05, 0) is 42.3 Å². The van der Waals surface area contributed by atoms with Gasteiger partial charge in [-0.2, -0.15) is 5.26 Å². The summed E-state index contributed by atoms with van der Waals surface area (Å²) in [5.41, 5.74) is 2.45. The molecule has 1 fully saturated rings. The molecule has 1 N–H and O–H groups in total. The van der Waals surface area contributed by atoms with Crippen molar-refractivity contribution in [2.75, 3.05) is 16.8 Å². The molecule has 1 heterocycles. The Labute approximate surface area is 150 Å². The second-order valence-corrected chi connectivity index (χ2v) is 6.23. The molecule has 1 aliphatic heterocycles. The number of benzene rings is 2. The van der Waals surface area contributed by atoms with Crippen LogP contribution in [-0.2, 0) is 11.2 Å². The standard InChI is InChI=1S/C19H16ClN3O2/c20-14-5-8-16(17(12-14)23-11-1-2-18(23)24)19(25)22-15-6-3-13(4-7-15)9-10-21/h3-8,12H,1-2,9,11H2,(H,22,25). The van der Waals surface area contributed by atoms with E-state index in [2.05, 4.69) is 11.4 Å². The smallest absolute Gasteiger partial charge is 0.257 e. The molecule has 0 unspecified atom stereocenters. The Morgan fingerprint density at radius 1 is 1.24 bits per heavy atom. The van der Waals surface area contributed by atoms with Gasteiger partial charge in [0.15, 0.2) is 0 Å². The molecule has 2 aromatic rings. The second-order valence-electron chi connectivity index (χ2n) is 5.80. The molecule has 1 saturated heterocycles. The van der Waals surface area contributed by atoms with Crippen molar-refractivity contribution in [1.82, 2.24) is 0 Å². The molecule has 0 atom stereocenters. The molecule has 0 bridgehead atoms. The first-order valence-electron chi connectivity index (χ1n) is 7.95. The van der Waals surface area contributed by atoms with Gasteiger partial charge in [-0.1, -0.05) is 23.7 Å². The molecule has 1 aliphatic rings. The van der Waals surface area contributed by atoms with Crippen LogP contribution in [0.4, 0.5) is 11.4 Å². The van der Waals surface area contributed by atoms with Gasteiger partial charge < -0.3 is 10.2 Å². The lowest BCUT2D eigenvalue weighted by Crippen LogP contribution is -2.27. The van der Waals surface area contributed by atoms with Crippen molar-refractivity contribution >= 4 is 34.8 Å². The van der Waals surface area contributed by atoms with Crippen molar-refractivity contribution in [3.05, 3.63) is 58.6 Å². The van der Waals surface area contributed by atoms with Gasteiger partial charge in [0.2, 0.25) is 5.91 Å². The number of nitriles is 1. The summed E-state index contributed by atoms with van der Waals surface area (Å²) >= 11 is 6.06. The van der Waals surface area contributed by atoms with Gasteiger partial charge in [-0.15, -0.1) is 0 Å². The molecule has 2 amide bonds. The van der Waals surface area contributed by atoms with E-state index in [4.69, 9.17) is 16.9 Å². The number of nitrogens with zero attached hydrogens (tertiary/aromatic N) is 2. The van der Waals surface area contributed by atoms with Crippen LogP contribution in [0.15, 0.2) is 42.5 Å². The van der Waals surface area contributed by atoms with Gasteiger partial charge >= 0.3 is 0 Å². The van der Waals surface area contributed by atoms with Gasteiger partial charge in [-0.3, -0.25) is 9.59 Å². The molecule has 25 heavy (non-hydrogen) atoms. The number of rotatable bonds is 4. The third-order valence-electron chi connectivity index (χ3n) is 4.06. The van der Waals surface area contributed by atoms with Crippen molar-refractivity contribution < 1.29 is 9.59 Å². The molecule has 6 heteroatoms.